The van der Waals surface area contributed by atoms with Gasteiger partial charge in [0.1, 0.15) is 29.5 Å². The molecule has 4 atom stereocenters. The average Bonchev–Trinajstić information content (AvgIpc) is 3.55. The molecule has 7 aromatic rings. The van der Waals surface area contributed by atoms with Crippen molar-refractivity contribution in [1.82, 2.24) is 9.55 Å². The number of aromatic amines is 1. The first-order chi connectivity index (χ1) is 27.0. The van der Waals surface area contributed by atoms with Crippen molar-refractivity contribution >= 4 is 0 Å². The summed E-state index contributed by atoms with van der Waals surface area (Å²) in [5.74, 6) is 0. The molecule has 2 heterocycles. The molecule has 0 unspecified atom stereocenters. The van der Waals surface area contributed by atoms with Crippen molar-refractivity contribution in [1.29, 1.82) is 0 Å². The van der Waals surface area contributed by atoms with E-state index in [2.05, 4.69) is 4.98 Å². The lowest BCUT2D eigenvalue weighted by Crippen LogP contribution is -2.47. The Morgan fingerprint density at radius 2 is 0.909 bits per heavy atom. The maximum atomic E-state index is 13.3. The fraction of sp³-hybridized carbons (Fsp3) is 0.149. The first kappa shape index (κ1) is 35.8. The number of hydrogen-bond acceptors (Lipinski definition) is 6. The number of aliphatic hydroxyl groups excluding tert-OH is 1. The first-order valence-corrected chi connectivity index (χ1v) is 18.3. The van der Waals surface area contributed by atoms with E-state index in [-0.39, 0.29) is 6.61 Å². The Labute approximate surface area is 318 Å². The predicted octanol–water partition coefficient (Wildman–Crippen LogP) is 7.18. The minimum absolute atomic E-state index is 0.0660. The normalized spacial score (nSPS) is 18.6. The van der Waals surface area contributed by atoms with E-state index in [1.165, 1.54) is 16.8 Å². The van der Waals surface area contributed by atoms with Crippen LogP contribution in [0, 0.1) is 0 Å². The number of nitrogens with zero attached hydrogens (tertiary/aromatic N) is 1. The van der Waals surface area contributed by atoms with E-state index in [1.807, 2.05) is 182 Å². The molecule has 1 aliphatic heterocycles. The van der Waals surface area contributed by atoms with Crippen molar-refractivity contribution in [3.63, 3.8) is 0 Å². The van der Waals surface area contributed by atoms with E-state index in [9.17, 15) is 14.7 Å². The minimum atomic E-state index is -1.38. The van der Waals surface area contributed by atoms with Crippen molar-refractivity contribution in [2.24, 2.45) is 0 Å². The second kappa shape index (κ2) is 15.7. The zero-order chi connectivity index (χ0) is 37.7. The highest BCUT2D eigenvalue weighted by Gasteiger charge is 2.52. The summed E-state index contributed by atoms with van der Waals surface area (Å²) in [5.41, 5.74) is 1.54. The molecule has 8 rings (SSSR count). The van der Waals surface area contributed by atoms with Crippen molar-refractivity contribution in [3.05, 3.63) is 248 Å². The Hall–Kier alpha value is -6.16. The largest absolute Gasteiger partial charge is 0.386 e. The third-order valence-corrected chi connectivity index (χ3v) is 10.3. The Morgan fingerprint density at radius 3 is 1.27 bits per heavy atom. The van der Waals surface area contributed by atoms with E-state index in [1.54, 1.807) is 0 Å². The third-order valence-electron chi connectivity index (χ3n) is 10.3. The van der Waals surface area contributed by atoms with Crippen LogP contribution in [0.1, 0.15) is 39.6 Å². The molecule has 6 aromatic carbocycles. The van der Waals surface area contributed by atoms with Gasteiger partial charge in [-0.25, -0.2) is 4.79 Å². The van der Waals surface area contributed by atoms with Crippen LogP contribution in [0.4, 0.5) is 0 Å². The van der Waals surface area contributed by atoms with Crippen LogP contribution in [0.2, 0.25) is 0 Å². The summed E-state index contributed by atoms with van der Waals surface area (Å²) in [6, 6.07) is 60.8. The number of H-pyrrole nitrogens is 1. The molecule has 0 amide bonds. The molecular formula is C47H40N2O6. The Bertz CT molecular complexity index is 2210. The van der Waals surface area contributed by atoms with Gasteiger partial charge in [0, 0.05) is 12.3 Å². The summed E-state index contributed by atoms with van der Waals surface area (Å²) in [6.07, 6.45) is -3.26. The predicted molar refractivity (Wildman–Crippen MR) is 210 cm³/mol. The molecule has 0 saturated carbocycles. The molecular weight excluding hydrogens is 689 g/mol. The maximum Gasteiger partial charge on any atom is 0.330 e. The van der Waals surface area contributed by atoms with Crippen LogP contribution in [0.25, 0.3) is 0 Å². The van der Waals surface area contributed by atoms with Gasteiger partial charge < -0.3 is 19.3 Å². The fourth-order valence-corrected chi connectivity index (χ4v) is 7.76. The number of aliphatic hydroxyl groups is 1. The van der Waals surface area contributed by atoms with Crippen LogP contribution >= 0.6 is 0 Å². The van der Waals surface area contributed by atoms with Crippen LogP contribution in [-0.2, 0) is 25.4 Å². The Morgan fingerprint density at radius 1 is 0.545 bits per heavy atom. The highest BCUT2D eigenvalue weighted by atomic mass is 16.6. The lowest BCUT2D eigenvalue weighted by molar-refractivity contribution is -0.131. The van der Waals surface area contributed by atoms with Crippen LogP contribution < -0.4 is 11.2 Å². The second-order valence-corrected chi connectivity index (χ2v) is 13.5. The molecule has 0 bridgehead atoms. The Balaban J connectivity index is 1.30. The molecule has 0 spiro atoms. The zero-order valence-corrected chi connectivity index (χ0v) is 29.9. The number of hydrogen-bond donors (Lipinski definition) is 2. The standard InChI is InChI=1S/C47H40N2O6/c50-41-31-32-49(45(52)48-41)44-42(51)43(55-47(37-25-13-4-14-26-37,38-27-15-5-16-28-38)39-29-17-6-18-30-39)40(54-44)33-53-46(34-19-7-1-8-20-34,35-21-9-2-10-22-35)36-23-11-3-12-24-36/h1-32,40,42-44,51H,33H2,(H,48,50,52)/t40-,42-,43-,44+/m0/s1. The average molecular weight is 729 g/mol. The van der Waals surface area contributed by atoms with Crippen LogP contribution in [0.5, 0.6) is 0 Å². The number of rotatable bonds is 12. The second-order valence-electron chi connectivity index (χ2n) is 13.5. The topological polar surface area (TPSA) is 103 Å². The fourth-order valence-electron chi connectivity index (χ4n) is 7.76. The zero-order valence-electron chi connectivity index (χ0n) is 29.9. The van der Waals surface area contributed by atoms with Gasteiger partial charge in [0.15, 0.2) is 6.23 Å². The van der Waals surface area contributed by atoms with E-state index in [4.69, 9.17) is 14.2 Å². The summed E-state index contributed by atoms with van der Waals surface area (Å²) in [5, 5.41) is 12.4. The van der Waals surface area contributed by atoms with Crippen LogP contribution in [-0.4, -0.2) is 39.6 Å². The maximum absolute atomic E-state index is 13.3. The van der Waals surface area contributed by atoms with E-state index < -0.39 is 47.0 Å². The highest BCUT2D eigenvalue weighted by molar-refractivity contribution is 5.49. The minimum Gasteiger partial charge on any atom is -0.386 e. The van der Waals surface area contributed by atoms with Crippen molar-refractivity contribution in [3.8, 4) is 0 Å². The van der Waals surface area contributed by atoms with Crippen LogP contribution in [0.3, 0.4) is 0 Å². The molecule has 55 heavy (non-hydrogen) atoms. The van der Waals surface area contributed by atoms with Gasteiger partial charge in [0.05, 0.1) is 6.61 Å². The van der Waals surface area contributed by atoms with Crippen molar-refractivity contribution < 1.29 is 19.3 Å². The van der Waals surface area contributed by atoms with Gasteiger partial charge in [-0.2, -0.15) is 0 Å². The van der Waals surface area contributed by atoms with Gasteiger partial charge in [0.25, 0.3) is 5.56 Å². The van der Waals surface area contributed by atoms with E-state index in [0.29, 0.717) is 0 Å². The van der Waals surface area contributed by atoms with Gasteiger partial charge in [-0.3, -0.25) is 14.3 Å². The summed E-state index contributed by atoms with van der Waals surface area (Å²) in [4.78, 5) is 27.7. The molecule has 2 N–H and O–H groups in total. The monoisotopic (exact) mass is 728 g/mol. The van der Waals surface area contributed by atoms with Gasteiger partial charge in [0.2, 0.25) is 0 Å². The number of aromatic nitrogens is 2. The molecule has 0 radical (unpaired) electrons. The summed E-state index contributed by atoms with van der Waals surface area (Å²) in [6.45, 7) is -0.0660. The summed E-state index contributed by atoms with van der Waals surface area (Å²) >= 11 is 0. The smallest absolute Gasteiger partial charge is 0.330 e. The Kier molecular flexibility index (Phi) is 10.2. The van der Waals surface area contributed by atoms with Gasteiger partial charge in [-0.05, 0) is 33.4 Å². The van der Waals surface area contributed by atoms with Gasteiger partial charge in [-0.15, -0.1) is 0 Å². The quantitative estimate of drug-likeness (QED) is 0.129. The van der Waals surface area contributed by atoms with E-state index >= 15 is 0 Å². The van der Waals surface area contributed by atoms with Gasteiger partial charge in [-0.1, -0.05) is 182 Å². The third kappa shape index (κ3) is 6.77. The van der Waals surface area contributed by atoms with Crippen molar-refractivity contribution in [2.45, 2.75) is 35.7 Å². The molecule has 274 valence electrons. The highest BCUT2D eigenvalue weighted by Crippen LogP contribution is 2.46. The SMILES string of the molecule is O=c1ccn([C@@H]2O[C@@H](COC(c3ccccc3)(c3ccccc3)c3ccccc3)[C@H](OC(c3ccccc3)(c3ccccc3)c3ccccc3)[C@@H]2O)c(=O)[nH]1. The number of benzene rings is 6. The molecule has 1 fully saturated rings. The molecule has 8 heteroatoms. The van der Waals surface area contributed by atoms with Crippen LogP contribution in [0.15, 0.2) is 204 Å². The molecule has 1 aliphatic rings. The van der Waals surface area contributed by atoms with E-state index in [0.717, 1.165) is 33.4 Å². The molecule has 1 saturated heterocycles. The molecule has 1 aromatic heterocycles. The van der Waals surface area contributed by atoms with Gasteiger partial charge >= 0.3 is 5.69 Å². The first-order valence-electron chi connectivity index (χ1n) is 18.3. The number of nitrogens with one attached hydrogen (secondary N) is 1. The summed E-state index contributed by atoms with van der Waals surface area (Å²) in [7, 11) is 0. The lowest BCUT2D eigenvalue weighted by atomic mass is 9.79. The number of ether oxygens (including phenoxy) is 3. The molecule has 0 aliphatic carbocycles. The van der Waals surface area contributed by atoms with Crippen molar-refractivity contribution in [2.75, 3.05) is 6.61 Å². The lowest BCUT2D eigenvalue weighted by Gasteiger charge is -2.41. The molecule has 8 nitrogen and oxygen atoms in total. The summed E-state index contributed by atoms with van der Waals surface area (Å²) < 4.78 is 22.6.